The lowest BCUT2D eigenvalue weighted by Crippen LogP contribution is -2.26. The second kappa shape index (κ2) is 8.20. The van der Waals surface area contributed by atoms with Gasteiger partial charge in [-0.2, -0.15) is 0 Å². The molecule has 0 radical (unpaired) electrons. The van der Waals surface area contributed by atoms with Crippen LogP contribution in [0.4, 0.5) is 0 Å². The van der Waals surface area contributed by atoms with Crippen LogP contribution in [0.2, 0.25) is 0 Å². The monoisotopic (exact) mass is 403 g/mol. The van der Waals surface area contributed by atoms with Gasteiger partial charge in [0.2, 0.25) is 10.0 Å². The van der Waals surface area contributed by atoms with Gasteiger partial charge in [-0.05, 0) is 56.2 Å². The SMILES string of the molecule is CCOc1cccn2cc(CCNS(=O)(=O)c3cc(C)c(C)cc3OC)nc12. The van der Waals surface area contributed by atoms with Gasteiger partial charge in [0.1, 0.15) is 10.6 Å². The van der Waals surface area contributed by atoms with Crippen molar-refractivity contribution in [2.24, 2.45) is 0 Å². The van der Waals surface area contributed by atoms with E-state index in [0.717, 1.165) is 22.5 Å². The number of imidazole rings is 1. The van der Waals surface area contributed by atoms with Gasteiger partial charge in [0.15, 0.2) is 11.4 Å². The van der Waals surface area contributed by atoms with Gasteiger partial charge >= 0.3 is 0 Å². The topological polar surface area (TPSA) is 81.9 Å². The molecule has 2 heterocycles. The molecule has 1 aromatic carbocycles. The van der Waals surface area contributed by atoms with Crippen LogP contribution in [0.3, 0.4) is 0 Å². The van der Waals surface area contributed by atoms with Gasteiger partial charge in [0.05, 0.1) is 19.4 Å². The maximum absolute atomic E-state index is 12.7. The number of sulfonamides is 1. The van der Waals surface area contributed by atoms with Crippen LogP contribution < -0.4 is 14.2 Å². The molecule has 0 saturated carbocycles. The molecule has 1 N–H and O–H groups in total. The summed E-state index contributed by atoms with van der Waals surface area (Å²) in [5.74, 6) is 1.04. The van der Waals surface area contributed by atoms with Crippen molar-refractivity contribution >= 4 is 15.7 Å². The Hall–Kier alpha value is -2.58. The first-order valence-corrected chi connectivity index (χ1v) is 10.6. The fourth-order valence-electron chi connectivity index (χ4n) is 2.95. The number of fused-ring (bicyclic) bond motifs is 1. The summed E-state index contributed by atoms with van der Waals surface area (Å²) in [5.41, 5.74) is 3.37. The molecule has 0 atom stereocenters. The molecule has 28 heavy (non-hydrogen) atoms. The number of benzene rings is 1. The first-order valence-electron chi connectivity index (χ1n) is 9.10. The third kappa shape index (κ3) is 4.13. The Morgan fingerprint density at radius 3 is 2.64 bits per heavy atom. The minimum absolute atomic E-state index is 0.145. The van der Waals surface area contributed by atoms with Crippen molar-refractivity contribution in [3.63, 3.8) is 0 Å². The average molecular weight is 404 g/mol. The van der Waals surface area contributed by atoms with Crippen LogP contribution in [-0.2, 0) is 16.4 Å². The van der Waals surface area contributed by atoms with Crippen LogP contribution in [0.5, 0.6) is 11.5 Å². The summed E-state index contributed by atoms with van der Waals surface area (Å²) < 4.78 is 40.8. The molecule has 0 amide bonds. The van der Waals surface area contributed by atoms with Crippen molar-refractivity contribution in [2.75, 3.05) is 20.3 Å². The number of hydrogen-bond acceptors (Lipinski definition) is 5. The van der Waals surface area contributed by atoms with Crippen LogP contribution in [0.1, 0.15) is 23.7 Å². The molecule has 0 aliphatic heterocycles. The molecule has 3 aromatic rings. The standard InChI is InChI=1S/C20H25N3O4S/c1-5-27-17-7-6-10-23-13-16(22-20(17)23)8-9-21-28(24,25)19-12-15(3)14(2)11-18(19)26-4/h6-7,10-13,21H,5,8-9H2,1-4H3. The Kier molecular flexibility index (Phi) is 5.90. The molecule has 0 unspecified atom stereocenters. The van der Waals surface area contributed by atoms with E-state index < -0.39 is 10.0 Å². The van der Waals surface area contributed by atoms with Gasteiger partial charge < -0.3 is 13.9 Å². The summed E-state index contributed by atoms with van der Waals surface area (Å²) in [5, 5.41) is 0. The zero-order valence-electron chi connectivity index (χ0n) is 16.5. The number of nitrogens with one attached hydrogen (secondary N) is 1. The highest BCUT2D eigenvalue weighted by atomic mass is 32.2. The van der Waals surface area contributed by atoms with Crippen molar-refractivity contribution in [2.45, 2.75) is 32.1 Å². The molecule has 0 bridgehead atoms. The largest absolute Gasteiger partial charge is 0.495 e. The Bertz CT molecular complexity index is 1090. The van der Waals surface area contributed by atoms with Crippen LogP contribution >= 0.6 is 0 Å². The van der Waals surface area contributed by atoms with Crippen molar-refractivity contribution in [3.05, 3.63) is 53.5 Å². The quantitative estimate of drug-likeness (QED) is 0.625. The highest BCUT2D eigenvalue weighted by Gasteiger charge is 2.20. The van der Waals surface area contributed by atoms with Crippen molar-refractivity contribution in [1.82, 2.24) is 14.1 Å². The second-order valence-corrected chi connectivity index (χ2v) is 8.24. The molecule has 150 valence electrons. The first kappa shape index (κ1) is 20.2. The molecule has 0 fully saturated rings. The van der Waals surface area contributed by atoms with Gasteiger partial charge in [0.25, 0.3) is 0 Å². The fourth-order valence-corrected chi connectivity index (χ4v) is 4.22. The number of nitrogens with zero attached hydrogens (tertiary/aromatic N) is 2. The number of pyridine rings is 1. The molecule has 0 spiro atoms. The van der Waals surface area contributed by atoms with Gasteiger partial charge in [-0.25, -0.2) is 18.1 Å². The number of aromatic nitrogens is 2. The first-order chi connectivity index (χ1) is 13.4. The molecule has 0 aliphatic rings. The van der Waals surface area contributed by atoms with Crippen molar-refractivity contribution in [3.8, 4) is 11.5 Å². The molecule has 2 aromatic heterocycles. The van der Waals surface area contributed by atoms with Gasteiger partial charge in [-0.15, -0.1) is 0 Å². The minimum Gasteiger partial charge on any atom is -0.495 e. The molecule has 7 nitrogen and oxygen atoms in total. The highest BCUT2D eigenvalue weighted by molar-refractivity contribution is 7.89. The number of ether oxygens (including phenoxy) is 2. The normalized spacial score (nSPS) is 11.7. The number of rotatable bonds is 8. The van der Waals surface area contributed by atoms with E-state index in [-0.39, 0.29) is 11.4 Å². The molecular formula is C20H25N3O4S. The summed E-state index contributed by atoms with van der Waals surface area (Å²) >= 11 is 0. The lowest BCUT2D eigenvalue weighted by atomic mass is 10.1. The van der Waals surface area contributed by atoms with Crippen molar-refractivity contribution in [1.29, 1.82) is 0 Å². The number of aryl methyl sites for hydroxylation is 2. The van der Waals surface area contributed by atoms with E-state index >= 15 is 0 Å². The second-order valence-electron chi connectivity index (χ2n) is 6.50. The molecule has 0 aliphatic carbocycles. The van der Waals surface area contributed by atoms with Gasteiger partial charge in [-0.1, -0.05) is 0 Å². The summed E-state index contributed by atoms with van der Waals surface area (Å²) in [6, 6.07) is 7.12. The van der Waals surface area contributed by atoms with Crippen LogP contribution in [-0.4, -0.2) is 38.1 Å². The maximum Gasteiger partial charge on any atom is 0.244 e. The fraction of sp³-hybridized carbons (Fsp3) is 0.350. The van der Waals surface area contributed by atoms with Crippen molar-refractivity contribution < 1.29 is 17.9 Å². The van der Waals surface area contributed by atoms with Crippen LogP contribution in [0.25, 0.3) is 5.65 Å². The lowest BCUT2D eigenvalue weighted by Gasteiger charge is -2.13. The highest BCUT2D eigenvalue weighted by Crippen LogP contribution is 2.27. The Morgan fingerprint density at radius 1 is 1.18 bits per heavy atom. The Balaban J connectivity index is 1.75. The summed E-state index contributed by atoms with van der Waals surface area (Å²) in [6.07, 6.45) is 4.22. The minimum atomic E-state index is -3.69. The zero-order chi connectivity index (χ0) is 20.3. The summed E-state index contributed by atoms with van der Waals surface area (Å²) in [6.45, 7) is 6.50. The van der Waals surface area contributed by atoms with E-state index in [1.54, 1.807) is 12.1 Å². The average Bonchev–Trinajstić information content (AvgIpc) is 3.07. The number of methoxy groups -OCH3 is 1. The molecule has 3 rings (SSSR count). The maximum atomic E-state index is 12.7. The lowest BCUT2D eigenvalue weighted by molar-refractivity contribution is 0.342. The predicted octanol–water partition coefficient (Wildman–Crippen LogP) is 2.88. The molecule has 8 heteroatoms. The van der Waals surface area contributed by atoms with E-state index in [4.69, 9.17) is 9.47 Å². The van der Waals surface area contributed by atoms with Gasteiger partial charge in [0, 0.05) is 25.4 Å². The van der Waals surface area contributed by atoms with E-state index in [1.165, 1.54) is 7.11 Å². The molecule has 0 saturated heterocycles. The van der Waals surface area contributed by atoms with Gasteiger partial charge in [-0.3, -0.25) is 0 Å². The predicted molar refractivity (Wildman–Crippen MR) is 108 cm³/mol. The van der Waals surface area contributed by atoms with Crippen LogP contribution in [0, 0.1) is 13.8 Å². The Morgan fingerprint density at radius 2 is 1.93 bits per heavy atom. The van der Waals surface area contributed by atoms with E-state index in [2.05, 4.69) is 9.71 Å². The zero-order valence-corrected chi connectivity index (χ0v) is 17.3. The van der Waals surface area contributed by atoms with E-state index in [1.807, 2.05) is 49.7 Å². The van der Waals surface area contributed by atoms with E-state index in [0.29, 0.717) is 24.5 Å². The van der Waals surface area contributed by atoms with Crippen LogP contribution in [0.15, 0.2) is 41.6 Å². The molecular weight excluding hydrogens is 378 g/mol. The third-order valence-corrected chi connectivity index (χ3v) is 6.02. The summed E-state index contributed by atoms with van der Waals surface area (Å²) in [7, 11) is -2.23. The van der Waals surface area contributed by atoms with E-state index in [9.17, 15) is 8.42 Å². The number of hydrogen-bond donors (Lipinski definition) is 1. The summed E-state index contributed by atoms with van der Waals surface area (Å²) in [4.78, 5) is 4.71. The smallest absolute Gasteiger partial charge is 0.244 e. The Labute approximate surface area is 165 Å². The third-order valence-electron chi connectivity index (χ3n) is 4.54.